The van der Waals surface area contributed by atoms with E-state index in [9.17, 15) is 0 Å². The third-order valence-corrected chi connectivity index (χ3v) is 3.11. The molecule has 1 heterocycles. The standard InChI is InChI=1S/C15H14O3/c1-11(15-9-16-10-17-18-15)13-8-4-6-12-5-2-3-7-14(12)13/h2-8,15H,1,9-10H2. The van der Waals surface area contributed by atoms with E-state index in [4.69, 9.17) is 14.5 Å². The molecule has 2 aromatic carbocycles. The van der Waals surface area contributed by atoms with E-state index in [0.29, 0.717) is 6.61 Å². The van der Waals surface area contributed by atoms with E-state index < -0.39 is 0 Å². The summed E-state index contributed by atoms with van der Waals surface area (Å²) in [5.74, 6) is 0. The fraction of sp³-hybridized carbons (Fsp3) is 0.200. The molecule has 0 radical (unpaired) electrons. The zero-order valence-electron chi connectivity index (χ0n) is 9.96. The van der Waals surface area contributed by atoms with Gasteiger partial charge in [-0.3, -0.25) is 0 Å². The topological polar surface area (TPSA) is 27.7 Å². The molecular weight excluding hydrogens is 228 g/mol. The molecule has 0 spiro atoms. The Balaban J connectivity index is 2.00. The molecule has 1 unspecified atom stereocenters. The van der Waals surface area contributed by atoms with E-state index in [1.165, 1.54) is 10.8 Å². The Morgan fingerprint density at radius 1 is 1.11 bits per heavy atom. The van der Waals surface area contributed by atoms with E-state index in [-0.39, 0.29) is 12.9 Å². The second-order valence-corrected chi connectivity index (χ2v) is 4.24. The van der Waals surface area contributed by atoms with Crippen molar-refractivity contribution in [3.05, 3.63) is 54.6 Å². The maximum atomic E-state index is 5.23. The minimum absolute atomic E-state index is 0.180. The first-order valence-electron chi connectivity index (χ1n) is 5.89. The van der Waals surface area contributed by atoms with Crippen molar-refractivity contribution in [2.24, 2.45) is 0 Å². The van der Waals surface area contributed by atoms with Crippen molar-refractivity contribution in [3.8, 4) is 0 Å². The van der Waals surface area contributed by atoms with Gasteiger partial charge < -0.3 is 4.74 Å². The van der Waals surface area contributed by atoms with E-state index in [2.05, 4.69) is 24.8 Å². The number of rotatable bonds is 2. The zero-order valence-corrected chi connectivity index (χ0v) is 9.96. The van der Waals surface area contributed by atoms with Crippen molar-refractivity contribution in [2.75, 3.05) is 13.4 Å². The highest BCUT2D eigenvalue weighted by atomic mass is 17.2. The van der Waals surface area contributed by atoms with Crippen molar-refractivity contribution in [3.63, 3.8) is 0 Å². The summed E-state index contributed by atoms with van der Waals surface area (Å²) in [5, 5.41) is 2.35. The predicted molar refractivity (Wildman–Crippen MR) is 69.8 cm³/mol. The van der Waals surface area contributed by atoms with Crippen molar-refractivity contribution >= 4 is 16.3 Å². The van der Waals surface area contributed by atoms with Gasteiger partial charge in [0, 0.05) is 0 Å². The van der Waals surface area contributed by atoms with E-state index >= 15 is 0 Å². The second-order valence-electron chi connectivity index (χ2n) is 4.24. The lowest BCUT2D eigenvalue weighted by Gasteiger charge is -2.24. The lowest BCUT2D eigenvalue weighted by Crippen LogP contribution is -2.27. The summed E-state index contributed by atoms with van der Waals surface area (Å²) in [6.07, 6.45) is -0.246. The van der Waals surface area contributed by atoms with Crippen LogP contribution in [0.3, 0.4) is 0 Å². The van der Waals surface area contributed by atoms with Crippen LogP contribution in [0.1, 0.15) is 5.56 Å². The van der Waals surface area contributed by atoms with Crippen molar-refractivity contribution in [2.45, 2.75) is 6.10 Å². The number of fused-ring (bicyclic) bond motifs is 1. The summed E-state index contributed by atoms with van der Waals surface area (Å²) >= 11 is 0. The van der Waals surface area contributed by atoms with Crippen LogP contribution < -0.4 is 0 Å². The third-order valence-electron chi connectivity index (χ3n) is 3.11. The molecule has 0 aliphatic carbocycles. The Morgan fingerprint density at radius 3 is 2.78 bits per heavy atom. The largest absolute Gasteiger partial charge is 0.349 e. The molecule has 3 heteroatoms. The van der Waals surface area contributed by atoms with Gasteiger partial charge in [0.2, 0.25) is 0 Å². The Labute approximate surface area is 106 Å². The molecule has 1 aliphatic rings. The molecule has 1 aliphatic heterocycles. The van der Waals surface area contributed by atoms with Gasteiger partial charge in [0.15, 0.2) is 6.79 Å². The fourth-order valence-electron chi connectivity index (χ4n) is 2.16. The molecule has 0 N–H and O–H groups in total. The maximum absolute atomic E-state index is 5.23. The minimum Gasteiger partial charge on any atom is -0.349 e. The lowest BCUT2D eigenvalue weighted by atomic mass is 9.96. The maximum Gasteiger partial charge on any atom is 0.180 e. The molecule has 0 aromatic heterocycles. The Hall–Kier alpha value is -1.68. The molecule has 18 heavy (non-hydrogen) atoms. The highest BCUT2D eigenvalue weighted by molar-refractivity contribution is 5.94. The summed E-state index contributed by atoms with van der Waals surface area (Å²) in [7, 11) is 0. The number of hydrogen-bond acceptors (Lipinski definition) is 3. The van der Waals surface area contributed by atoms with Crippen LogP contribution in [-0.4, -0.2) is 19.5 Å². The highest BCUT2D eigenvalue weighted by Gasteiger charge is 2.21. The molecule has 3 nitrogen and oxygen atoms in total. The Bertz CT molecular complexity index is 565. The van der Waals surface area contributed by atoms with Gasteiger partial charge in [-0.25, -0.2) is 9.78 Å². The summed E-state index contributed by atoms with van der Waals surface area (Å²) in [5.41, 5.74) is 1.96. The predicted octanol–water partition coefficient (Wildman–Crippen LogP) is 3.16. The monoisotopic (exact) mass is 242 g/mol. The highest BCUT2D eigenvalue weighted by Crippen LogP contribution is 2.28. The van der Waals surface area contributed by atoms with Crippen LogP contribution in [0.4, 0.5) is 0 Å². The Kier molecular flexibility index (Phi) is 3.11. The summed E-state index contributed by atoms with van der Waals surface area (Å²) in [4.78, 5) is 10.1. The van der Waals surface area contributed by atoms with Crippen LogP contribution in [0.15, 0.2) is 49.0 Å². The first-order chi connectivity index (χ1) is 8.86. The van der Waals surface area contributed by atoms with Crippen LogP contribution in [0.2, 0.25) is 0 Å². The first-order valence-corrected chi connectivity index (χ1v) is 5.89. The van der Waals surface area contributed by atoms with Gasteiger partial charge >= 0.3 is 0 Å². The molecule has 0 bridgehead atoms. The van der Waals surface area contributed by atoms with Gasteiger partial charge in [0.25, 0.3) is 0 Å². The summed E-state index contributed by atoms with van der Waals surface area (Å²) < 4.78 is 5.23. The average molecular weight is 242 g/mol. The van der Waals surface area contributed by atoms with Crippen molar-refractivity contribution in [1.29, 1.82) is 0 Å². The van der Waals surface area contributed by atoms with E-state index in [1.807, 2.05) is 24.3 Å². The van der Waals surface area contributed by atoms with Gasteiger partial charge in [-0.1, -0.05) is 49.0 Å². The van der Waals surface area contributed by atoms with Gasteiger partial charge in [0.05, 0.1) is 6.61 Å². The molecule has 1 saturated heterocycles. The molecule has 1 atom stereocenters. The molecule has 0 saturated carbocycles. The van der Waals surface area contributed by atoms with Crippen LogP contribution >= 0.6 is 0 Å². The molecule has 0 amide bonds. The smallest absolute Gasteiger partial charge is 0.180 e. The molecule has 3 rings (SSSR count). The number of hydrogen-bond donors (Lipinski definition) is 0. The second kappa shape index (κ2) is 4.90. The number of benzene rings is 2. The van der Waals surface area contributed by atoms with Crippen molar-refractivity contribution in [1.82, 2.24) is 0 Å². The van der Waals surface area contributed by atoms with Crippen LogP contribution in [0, 0.1) is 0 Å². The minimum atomic E-state index is -0.246. The lowest BCUT2D eigenvalue weighted by molar-refractivity contribution is -0.390. The molecule has 92 valence electrons. The average Bonchev–Trinajstić information content (AvgIpc) is 2.47. The fourth-order valence-corrected chi connectivity index (χ4v) is 2.16. The van der Waals surface area contributed by atoms with E-state index in [0.717, 1.165) is 11.1 Å². The van der Waals surface area contributed by atoms with Crippen molar-refractivity contribution < 1.29 is 14.5 Å². The molecule has 2 aromatic rings. The van der Waals surface area contributed by atoms with Gasteiger partial charge in [-0.2, -0.15) is 0 Å². The van der Waals surface area contributed by atoms with E-state index in [1.54, 1.807) is 0 Å². The first kappa shape index (κ1) is 11.4. The quantitative estimate of drug-likeness (QED) is 0.757. The summed E-state index contributed by atoms with van der Waals surface area (Å²) in [6.45, 7) is 4.77. The van der Waals surface area contributed by atoms with Crippen LogP contribution in [-0.2, 0) is 14.5 Å². The number of ether oxygens (including phenoxy) is 1. The molecular formula is C15H14O3. The van der Waals surface area contributed by atoms with Crippen LogP contribution in [0.25, 0.3) is 16.3 Å². The van der Waals surface area contributed by atoms with Gasteiger partial charge in [0.1, 0.15) is 6.10 Å². The third kappa shape index (κ3) is 2.04. The van der Waals surface area contributed by atoms with Gasteiger partial charge in [-0.15, -0.1) is 0 Å². The summed E-state index contributed by atoms with van der Waals surface area (Å²) in [6, 6.07) is 14.4. The Morgan fingerprint density at radius 2 is 1.94 bits per heavy atom. The molecule has 1 fully saturated rings. The van der Waals surface area contributed by atoms with Crippen LogP contribution in [0.5, 0.6) is 0 Å². The van der Waals surface area contributed by atoms with Gasteiger partial charge in [-0.05, 0) is 21.9 Å². The normalized spacial score (nSPS) is 19.9. The zero-order chi connectivity index (χ0) is 12.4. The SMILES string of the molecule is C=C(c1cccc2ccccc12)C1COCOO1.